The number of pyridine rings is 1. The highest BCUT2D eigenvalue weighted by molar-refractivity contribution is 5.09. The summed E-state index contributed by atoms with van der Waals surface area (Å²) in [6, 6.07) is 4.18. The first-order valence-corrected chi connectivity index (χ1v) is 6.25. The maximum atomic E-state index is 4.02. The summed E-state index contributed by atoms with van der Waals surface area (Å²) in [5, 5.41) is 6.95. The zero-order chi connectivity index (χ0) is 11.1. The van der Waals surface area contributed by atoms with Crippen molar-refractivity contribution in [2.24, 2.45) is 5.92 Å². The van der Waals surface area contributed by atoms with Crippen molar-refractivity contribution in [3.63, 3.8) is 0 Å². The third-order valence-electron chi connectivity index (χ3n) is 3.23. The molecule has 1 saturated heterocycles. The maximum Gasteiger partial charge on any atom is 0.0270 e. The fourth-order valence-corrected chi connectivity index (χ4v) is 2.17. The molecule has 1 aliphatic heterocycles. The van der Waals surface area contributed by atoms with Crippen LogP contribution in [0.15, 0.2) is 24.5 Å². The molecule has 88 valence electrons. The van der Waals surface area contributed by atoms with Crippen LogP contribution in [0.25, 0.3) is 0 Å². The second-order valence-corrected chi connectivity index (χ2v) is 4.50. The molecule has 3 heteroatoms. The Hall–Kier alpha value is -0.930. The van der Waals surface area contributed by atoms with Crippen LogP contribution in [0, 0.1) is 5.92 Å². The van der Waals surface area contributed by atoms with Crippen molar-refractivity contribution in [1.82, 2.24) is 15.6 Å². The minimum atomic E-state index is 0.874. The molecule has 3 nitrogen and oxygen atoms in total. The Labute approximate surface area is 97.7 Å². The quantitative estimate of drug-likeness (QED) is 0.731. The normalized spacial score (nSPS) is 17.5. The van der Waals surface area contributed by atoms with E-state index in [2.05, 4.69) is 27.8 Å². The van der Waals surface area contributed by atoms with Crippen LogP contribution >= 0.6 is 0 Å². The molecule has 0 amide bonds. The molecule has 2 heterocycles. The van der Waals surface area contributed by atoms with Crippen LogP contribution in [0.4, 0.5) is 0 Å². The molecule has 2 N–H and O–H groups in total. The summed E-state index contributed by atoms with van der Waals surface area (Å²) >= 11 is 0. The number of hydrogen-bond donors (Lipinski definition) is 2. The van der Waals surface area contributed by atoms with Gasteiger partial charge in [-0.05, 0) is 69.1 Å². The van der Waals surface area contributed by atoms with E-state index in [1.807, 2.05) is 12.4 Å². The Kier molecular flexibility index (Phi) is 4.77. The van der Waals surface area contributed by atoms with Gasteiger partial charge in [0, 0.05) is 12.4 Å². The fraction of sp³-hybridized carbons (Fsp3) is 0.615. The summed E-state index contributed by atoms with van der Waals surface area (Å²) in [5.74, 6) is 0.874. The fourth-order valence-electron chi connectivity index (χ4n) is 2.17. The van der Waals surface area contributed by atoms with Crippen molar-refractivity contribution < 1.29 is 0 Å². The molecular weight excluding hydrogens is 198 g/mol. The number of rotatable bonds is 5. The Balaban J connectivity index is 1.58. The summed E-state index contributed by atoms with van der Waals surface area (Å²) in [7, 11) is 0. The number of piperidine rings is 1. The van der Waals surface area contributed by atoms with Crippen LogP contribution in [-0.4, -0.2) is 31.2 Å². The van der Waals surface area contributed by atoms with Crippen LogP contribution < -0.4 is 10.6 Å². The van der Waals surface area contributed by atoms with Crippen LogP contribution in [0.1, 0.15) is 18.4 Å². The third-order valence-corrected chi connectivity index (χ3v) is 3.23. The average Bonchev–Trinajstić information content (AvgIpc) is 2.37. The van der Waals surface area contributed by atoms with Crippen molar-refractivity contribution in [1.29, 1.82) is 0 Å². The topological polar surface area (TPSA) is 37.0 Å². The number of aromatic nitrogens is 1. The summed E-state index contributed by atoms with van der Waals surface area (Å²) in [4.78, 5) is 4.02. The molecule has 0 spiro atoms. The number of nitrogens with zero attached hydrogens (tertiary/aromatic N) is 1. The molecule has 16 heavy (non-hydrogen) atoms. The predicted octanol–water partition coefficient (Wildman–Crippen LogP) is 1.21. The molecule has 0 aromatic carbocycles. The van der Waals surface area contributed by atoms with E-state index in [1.165, 1.54) is 38.0 Å². The summed E-state index contributed by atoms with van der Waals surface area (Å²) < 4.78 is 0. The highest BCUT2D eigenvalue weighted by atomic mass is 14.9. The van der Waals surface area contributed by atoms with E-state index in [4.69, 9.17) is 0 Å². The predicted molar refractivity (Wildman–Crippen MR) is 66.4 cm³/mol. The van der Waals surface area contributed by atoms with E-state index < -0.39 is 0 Å². The Morgan fingerprint density at radius 2 is 2.00 bits per heavy atom. The summed E-state index contributed by atoms with van der Waals surface area (Å²) in [6.07, 6.45) is 7.47. The van der Waals surface area contributed by atoms with Crippen molar-refractivity contribution >= 4 is 0 Å². The molecule has 0 saturated carbocycles. The first-order chi connectivity index (χ1) is 7.95. The molecule has 1 fully saturated rings. The van der Waals surface area contributed by atoms with E-state index in [0.29, 0.717) is 0 Å². The lowest BCUT2D eigenvalue weighted by Crippen LogP contribution is -2.34. The van der Waals surface area contributed by atoms with Gasteiger partial charge in [-0.25, -0.2) is 0 Å². The summed E-state index contributed by atoms with van der Waals surface area (Å²) in [6.45, 7) is 4.63. The molecule has 0 radical (unpaired) electrons. The zero-order valence-electron chi connectivity index (χ0n) is 9.78. The first kappa shape index (κ1) is 11.6. The minimum Gasteiger partial charge on any atom is -0.317 e. The van der Waals surface area contributed by atoms with Gasteiger partial charge in [0.25, 0.3) is 0 Å². The molecule has 0 atom stereocenters. The maximum absolute atomic E-state index is 4.02. The lowest BCUT2D eigenvalue weighted by Gasteiger charge is -2.22. The molecule has 1 aromatic heterocycles. The molecule has 2 rings (SSSR count). The minimum absolute atomic E-state index is 0.874. The Morgan fingerprint density at radius 1 is 1.25 bits per heavy atom. The second-order valence-electron chi connectivity index (χ2n) is 4.50. The molecule has 1 aromatic rings. The van der Waals surface area contributed by atoms with E-state index in [-0.39, 0.29) is 0 Å². The zero-order valence-corrected chi connectivity index (χ0v) is 9.78. The van der Waals surface area contributed by atoms with Gasteiger partial charge in [0.1, 0.15) is 0 Å². The van der Waals surface area contributed by atoms with Crippen molar-refractivity contribution in [2.75, 3.05) is 26.2 Å². The van der Waals surface area contributed by atoms with Gasteiger partial charge in [0.15, 0.2) is 0 Å². The largest absolute Gasteiger partial charge is 0.317 e. The van der Waals surface area contributed by atoms with Gasteiger partial charge in [-0.15, -0.1) is 0 Å². The van der Waals surface area contributed by atoms with Crippen molar-refractivity contribution in [3.8, 4) is 0 Å². The Morgan fingerprint density at radius 3 is 2.75 bits per heavy atom. The molecule has 1 aliphatic rings. The number of nitrogens with one attached hydrogen (secondary N) is 2. The van der Waals surface area contributed by atoms with Gasteiger partial charge in [-0.1, -0.05) is 0 Å². The molecule has 0 unspecified atom stereocenters. The van der Waals surface area contributed by atoms with Gasteiger partial charge in [0.2, 0.25) is 0 Å². The van der Waals surface area contributed by atoms with Crippen LogP contribution in [0.2, 0.25) is 0 Å². The lowest BCUT2D eigenvalue weighted by molar-refractivity contribution is 0.358. The SMILES string of the molecule is c1cc(CCNCC2CCNCC2)ccn1. The molecular formula is C13H21N3. The van der Waals surface area contributed by atoms with Crippen molar-refractivity contribution in [2.45, 2.75) is 19.3 Å². The number of hydrogen-bond acceptors (Lipinski definition) is 3. The lowest BCUT2D eigenvalue weighted by atomic mass is 9.98. The van der Waals surface area contributed by atoms with Gasteiger partial charge >= 0.3 is 0 Å². The van der Waals surface area contributed by atoms with Crippen LogP contribution in [0.3, 0.4) is 0 Å². The van der Waals surface area contributed by atoms with Gasteiger partial charge in [-0.3, -0.25) is 4.98 Å². The monoisotopic (exact) mass is 219 g/mol. The van der Waals surface area contributed by atoms with Crippen LogP contribution in [-0.2, 0) is 6.42 Å². The standard InChI is InChI=1S/C13H21N3/c1-6-14-7-2-12(1)3-10-16-11-13-4-8-15-9-5-13/h1-2,6-7,13,15-16H,3-5,8-11H2. The third kappa shape index (κ3) is 3.91. The van der Waals surface area contributed by atoms with Gasteiger partial charge in [-0.2, -0.15) is 0 Å². The van der Waals surface area contributed by atoms with Crippen molar-refractivity contribution in [3.05, 3.63) is 30.1 Å². The highest BCUT2D eigenvalue weighted by Crippen LogP contribution is 2.09. The van der Waals surface area contributed by atoms with E-state index in [0.717, 1.165) is 18.9 Å². The average molecular weight is 219 g/mol. The molecule has 0 aliphatic carbocycles. The van der Waals surface area contributed by atoms with E-state index in [1.54, 1.807) is 0 Å². The second kappa shape index (κ2) is 6.61. The van der Waals surface area contributed by atoms with E-state index >= 15 is 0 Å². The highest BCUT2D eigenvalue weighted by Gasteiger charge is 2.11. The van der Waals surface area contributed by atoms with Gasteiger partial charge < -0.3 is 10.6 Å². The summed E-state index contributed by atoms with van der Waals surface area (Å²) in [5.41, 5.74) is 1.37. The van der Waals surface area contributed by atoms with Crippen LogP contribution in [0.5, 0.6) is 0 Å². The first-order valence-electron chi connectivity index (χ1n) is 6.25. The Bertz CT molecular complexity index is 280. The molecule has 0 bridgehead atoms. The van der Waals surface area contributed by atoms with E-state index in [9.17, 15) is 0 Å². The van der Waals surface area contributed by atoms with Gasteiger partial charge in [0.05, 0.1) is 0 Å². The smallest absolute Gasteiger partial charge is 0.0270 e.